The molecule has 0 aromatic heterocycles. The number of aldehydes is 1. The van der Waals surface area contributed by atoms with E-state index in [2.05, 4.69) is 0 Å². The van der Waals surface area contributed by atoms with Crippen molar-refractivity contribution in [3.8, 4) is 0 Å². The maximum atomic E-state index is 11.1. The molecule has 0 aromatic carbocycles. The van der Waals surface area contributed by atoms with Gasteiger partial charge in [0.05, 0.1) is 0 Å². The van der Waals surface area contributed by atoms with Crippen molar-refractivity contribution in [2.24, 2.45) is 11.3 Å². The monoisotopic (exact) mass is 213 g/mol. The van der Waals surface area contributed by atoms with Crippen molar-refractivity contribution in [3.05, 3.63) is 0 Å². The van der Waals surface area contributed by atoms with Crippen LogP contribution in [-0.4, -0.2) is 35.0 Å². The van der Waals surface area contributed by atoms with Gasteiger partial charge in [0.25, 0.3) is 0 Å². The molecule has 1 heterocycles. The van der Waals surface area contributed by atoms with E-state index < -0.39 is 6.09 Å². The van der Waals surface area contributed by atoms with Crippen molar-refractivity contribution >= 4 is 12.4 Å². The van der Waals surface area contributed by atoms with E-state index in [-0.39, 0.29) is 17.4 Å². The molecule has 0 bridgehead atoms. The van der Waals surface area contributed by atoms with Gasteiger partial charge in [-0.15, -0.1) is 0 Å². The molecule has 4 nitrogen and oxygen atoms in total. The van der Waals surface area contributed by atoms with Gasteiger partial charge in [0.15, 0.2) is 0 Å². The second-order valence-corrected chi connectivity index (χ2v) is 5.23. The first-order chi connectivity index (χ1) is 6.88. The molecule has 0 radical (unpaired) electrons. The summed E-state index contributed by atoms with van der Waals surface area (Å²) in [6, 6.07) is -0.193. The molecule has 1 aliphatic heterocycles. The van der Waals surface area contributed by atoms with Gasteiger partial charge in [-0.3, -0.25) is 0 Å². The van der Waals surface area contributed by atoms with Crippen molar-refractivity contribution in [3.63, 3.8) is 0 Å². The molecule has 0 saturated carbocycles. The van der Waals surface area contributed by atoms with Gasteiger partial charge in [0, 0.05) is 18.5 Å². The summed E-state index contributed by atoms with van der Waals surface area (Å²) in [4.78, 5) is 23.5. The first-order valence-electron chi connectivity index (χ1n) is 5.33. The smallest absolute Gasteiger partial charge is 0.407 e. The second-order valence-electron chi connectivity index (χ2n) is 5.23. The second kappa shape index (κ2) is 4.21. The SMILES string of the molecule is CC(C)(C)C1C(C=O)CCCN1C(=O)O. The largest absolute Gasteiger partial charge is 0.465 e. The molecule has 0 spiro atoms. The quantitative estimate of drug-likeness (QED) is 0.678. The van der Waals surface area contributed by atoms with Crippen molar-refractivity contribution in [2.45, 2.75) is 39.7 Å². The molecule has 1 amide bonds. The Balaban J connectivity index is 2.96. The molecule has 1 fully saturated rings. The van der Waals surface area contributed by atoms with Crippen LogP contribution >= 0.6 is 0 Å². The van der Waals surface area contributed by atoms with Crippen LogP contribution in [-0.2, 0) is 4.79 Å². The highest BCUT2D eigenvalue weighted by Crippen LogP contribution is 2.35. The molecule has 2 unspecified atom stereocenters. The van der Waals surface area contributed by atoms with E-state index in [1.807, 2.05) is 20.8 Å². The van der Waals surface area contributed by atoms with Crippen LogP contribution < -0.4 is 0 Å². The highest BCUT2D eigenvalue weighted by molar-refractivity contribution is 5.67. The zero-order chi connectivity index (χ0) is 11.6. The Hall–Kier alpha value is -1.06. The number of carboxylic acid groups (broad SMARTS) is 1. The minimum Gasteiger partial charge on any atom is -0.465 e. The van der Waals surface area contributed by atoms with Gasteiger partial charge in [0.1, 0.15) is 6.29 Å². The fraction of sp³-hybridized carbons (Fsp3) is 0.818. The van der Waals surface area contributed by atoms with Gasteiger partial charge in [-0.05, 0) is 18.3 Å². The fourth-order valence-corrected chi connectivity index (χ4v) is 2.49. The first-order valence-corrected chi connectivity index (χ1v) is 5.33. The van der Waals surface area contributed by atoms with Crippen LogP contribution in [0.5, 0.6) is 0 Å². The third-order valence-electron chi connectivity index (χ3n) is 2.99. The molecular formula is C11H19NO3. The van der Waals surface area contributed by atoms with E-state index in [1.165, 1.54) is 4.90 Å². The number of hydrogen-bond acceptors (Lipinski definition) is 2. The van der Waals surface area contributed by atoms with Crippen molar-refractivity contribution < 1.29 is 14.7 Å². The average Bonchev–Trinajstić information content (AvgIpc) is 2.15. The Morgan fingerprint density at radius 2 is 2.07 bits per heavy atom. The summed E-state index contributed by atoms with van der Waals surface area (Å²) in [6.07, 6.45) is 1.57. The van der Waals surface area contributed by atoms with Crippen LogP contribution in [0.15, 0.2) is 0 Å². The molecule has 1 rings (SSSR count). The lowest BCUT2D eigenvalue weighted by Crippen LogP contribution is -2.54. The van der Waals surface area contributed by atoms with E-state index in [4.69, 9.17) is 5.11 Å². The number of likely N-dealkylation sites (tertiary alicyclic amines) is 1. The van der Waals surface area contributed by atoms with Gasteiger partial charge in [-0.1, -0.05) is 20.8 Å². The molecule has 86 valence electrons. The number of amides is 1. The highest BCUT2D eigenvalue weighted by Gasteiger charge is 2.41. The standard InChI is InChI=1S/C11H19NO3/c1-11(2,3)9-8(7-13)5-4-6-12(9)10(14)15/h7-9H,4-6H2,1-3H3,(H,14,15). The lowest BCUT2D eigenvalue weighted by atomic mass is 9.75. The van der Waals surface area contributed by atoms with Crippen LogP contribution in [0.3, 0.4) is 0 Å². The zero-order valence-electron chi connectivity index (χ0n) is 9.56. The van der Waals surface area contributed by atoms with Gasteiger partial charge >= 0.3 is 6.09 Å². The Morgan fingerprint density at radius 3 is 2.47 bits per heavy atom. The Kier molecular flexibility index (Phi) is 3.37. The summed E-state index contributed by atoms with van der Waals surface area (Å²) in [5, 5.41) is 9.10. The number of carbonyl (C=O) groups excluding carboxylic acids is 1. The fourth-order valence-electron chi connectivity index (χ4n) is 2.49. The lowest BCUT2D eigenvalue weighted by Gasteiger charge is -2.44. The van der Waals surface area contributed by atoms with E-state index in [0.29, 0.717) is 6.54 Å². The van der Waals surface area contributed by atoms with Gasteiger partial charge in [-0.25, -0.2) is 4.79 Å². The van der Waals surface area contributed by atoms with Crippen LogP contribution in [0.1, 0.15) is 33.6 Å². The highest BCUT2D eigenvalue weighted by atomic mass is 16.4. The molecule has 0 aliphatic carbocycles. The summed E-state index contributed by atoms with van der Waals surface area (Å²) < 4.78 is 0. The van der Waals surface area contributed by atoms with Crippen LogP contribution in [0, 0.1) is 11.3 Å². The maximum absolute atomic E-state index is 11.1. The number of piperidine rings is 1. The predicted molar refractivity (Wildman–Crippen MR) is 56.8 cm³/mol. The van der Waals surface area contributed by atoms with E-state index in [1.54, 1.807) is 0 Å². The normalized spacial score (nSPS) is 27.5. The van der Waals surface area contributed by atoms with Gasteiger partial charge in [-0.2, -0.15) is 0 Å². The number of carbonyl (C=O) groups is 2. The summed E-state index contributed by atoms with van der Waals surface area (Å²) in [5.74, 6) is -0.158. The van der Waals surface area contributed by atoms with Crippen LogP contribution in [0.25, 0.3) is 0 Å². The average molecular weight is 213 g/mol. The molecule has 15 heavy (non-hydrogen) atoms. The predicted octanol–water partition coefficient (Wildman–Crippen LogP) is 1.99. The third kappa shape index (κ3) is 2.49. The van der Waals surface area contributed by atoms with E-state index >= 15 is 0 Å². The summed E-state index contributed by atoms with van der Waals surface area (Å²) in [7, 11) is 0. The Bertz CT molecular complexity index is 257. The Morgan fingerprint density at radius 1 is 1.47 bits per heavy atom. The summed E-state index contributed by atoms with van der Waals surface area (Å²) >= 11 is 0. The van der Waals surface area contributed by atoms with Crippen molar-refractivity contribution in [1.29, 1.82) is 0 Å². The maximum Gasteiger partial charge on any atom is 0.407 e. The number of hydrogen-bond donors (Lipinski definition) is 1. The van der Waals surface area contributed by atoms with Gasteiger partial charge in [0.2, 0.25) is 0 Å². The zero-order valence-corrected chi connectivity index (χ0v) is 9.56. The topological polar surface area (TPSA) is 57.6 Å². The molecule has 1 aliphatic rings. The minimum absolute atomic E-state index is 0.158. The van der Waals surface area contributed by atoms with Crippen molar-refractivity contribution in [2.75, 3.05) is 6.54 Å². The lowest BCUT2D eigenvalue weighted by molar-refractivity contribution is -0.116. The molecular weight excluding hydrogens is 194 g/mol. The minimum atomic E-state index is -0.915. The van der Waals surface area contributed by atoms with Gasteiger partial charge < -0.3 is 14.8 Å². The Labute approximate surface area is 90.3 Å². The first kappa shape index (κ1) is 12.0. The molecule has 0 aromatic rings. The molecule has 2 atom stereocenters. The number of rotatable bonds is 1. The third-order valence-corrected chi connectivity index (χ3v) is 2.99. The summed E-state index contributed by atoms with van der Waals surface area (Å²) in [5.41, 5.74) is -0.190. The molecule has 4 heteroatoms. The van der Waals surface area contributed by atoms with Crippen molar-refractivity contribution in [1.82, 2.24) is 4.90 Å². The van der Waals surface area contributed by atoms with Crippen LogP contribution in [0.4, 0.5) is 4.79 Å². The van der Waals surface area contributed by atoms with Crippen LogP contribution in [0.2, 0.25) is 0 Å². The molecule has 1 saturated heterocycles. The molecule has 1 N–H and O–H groups in total. The number of nitrogens with zero attached hydrogens (tertiary/aromatic N) is 1. The van der Waals surface area contributed by atoms with E-state index in [9.17, 15) is 9.59 Å². The van der Waals surface area contributed by atoms with E-state index in [0.717, 1.165) is 19.1 Å². The summed E-state index contributed by atoms with van der Waals surface area (Å²) in [6.45, 7) is 6.49.